The molecule has 0 aromatic carbocycles. The molecule has 0 aromatic heterocycles. The van der Waals surface area contributed by atoms with E-state index in [0.29, 0.717) is 0 Å². The molecule has 0 unspecified atom stereocenters. The molecule has 0 heterocycles. The van der Waals surface area contributed by atoms with Gasteiger partial charge in [-0.1, -0.05) is 0 Å². The van der Waals surface area contributed by atoms with E-state index in [2.05, 4.69) is 11.5 Å². The zero-order chi connectivity index (χ0) is 8.57. The molecule has 12 heavy (non-hydrogen) atoms. The molecule has 0 atom stereocenters. The van der Waals surface area contributed by atoms with Crippen LogP contribution in [-0.4, -0.2) is 25.0 Å². The van der Waals surface area contributed by atoms with Gasteiger partial charge in [-0.15, -0.1) is 0 Å². The van der Waals surface area contributed by atoms with Gasteiger partial charge in [0, 0.05) is 13.1 Å². The summed E-state index contributed by atoms with van der Waals surface area (Å²) in [6.07, 6.45) is 0. The van der Waals surface area contributed by atoms with Gasteiger partial charge in [-0.2, -0.15) is 0 Å². The third-order valence-corrected chi connectivity index (χ3v) is 0.333. The molecule has 0 bridgehead atoms. The van der Waals surface area contributed by atoms with E-state index in [9.17, 15) is 0 Å². The molecule has 0 aliphatic carbocycles. The Labute approximate surface area is 155 Å². The van der Waals surface area contributed by atoms with Crippen LogP contribution in [0.5, 0.6) is 0 Å². The molecule has 0 saturated heterocycles. The minimum Gasteiger partial charge on any atom is -0.549 e. The topological polar surface area (TPSA) is 132 Å². The summed E-state index contributed by atoms with van der Waals surface area (Å²) in [5, 5.41) is 18.3. The van der Waals surface area contributed by atoms with Crippen LogP contribution in [-0.2, 0) is 9.59 Å². The zero-order valence-electron chi connectivity index (χ0n) is 7.20. The van der Waals surface area contributed by atoms with Gasteiger partial charge >= 0.3 is 103 Å². The van der Waals surface area contributed by atoms with E-state index in [1.807, 2.05) is 0 Å². The number of rotatable bonds is 2. The molecule has 0 aliphatic heterocycles. The summed E-state index contributed by atoms with van der Waals surface area (Å²) in [5.41, 5.74) is 9.02. The minimum atomic E-state index is -1.22. The van der Waals surface area contributed by atoms with E-state index >= 15 is 0 Å². The fourth-order valence-electron chi connectivity index (χ4n) is 0. The Hall–Kier alpha value is 2.13. The van der Waals surface area contributed by atoms with Gasteiger partial charge in [0.2, 0.25) is 0 Å². The number of hydrogen-bond donors (Lipinski definition) is 2. The van der Waals surface area contributed by atoms with Gasteiger partial charge in [0.1, 0.15) is 0 Å². The fraction of sp³-hybridized carbons (Fsp3) is 0.500. The monoisotopic (exact) mass is 226 g/mol. The van der Waals surface area contributed by atoms with Crippen molar-refractivity contribution >= 4 is 11.9 Å². The number of carbonyl (C=O) groups is 2. The Bertz CT molecular complexity index is 108. The van der Waals surface area contributed by atoms with Crippen LogP contribution in [0.1, 0.15) is 0 Å². The van der Waals surface area contributed by atoms with Crippen LogP contribution in [0.15, 0.2) is 0 Å². The maximum atomic E-state index is 9.13. The van der Waals surface area contributed by atoms with Crippen molar-refractivity contribution in [2.75, 3.05) is 13.1 Å². The minimum absolute atomic E-state index is 0. The molecule has 0 spiro atoms. The average molecular weight is 226 g/mol. The van der Waals surface area contributed by atoms with Crippen molar-refractivity contribution in [3.05, 3.63) is 0 Å². The van der Waals surface area contributed by atoms with Crippen molar-refractivity contribution in [3.63, 3.8) is 0 Å². The first-order valence-corrected chi connectivity index (χ1v) is 2.34. The standard InChI is InChI=1S/2C2H5NO2.2K/c2*3-1-2(4)5;;/h2*1,3H2,(H,4,5);;/q;;2*+1/p-2. The van der Waals surface area contributed by atoms with Gasteiger partial charge in [0.05, 0.1) is 11.9 Å². The first kappa shape index (κ1) is 23.7. The molecule has 0 aliphatic rings. The molecule has 8 heteroatoms. The second-order valence-electron chi connectivity index (χ2n) is 1.15. The molecule has 0 aromatic rings. The molecule has 0 fully saturated rings. The molecular weight excluding hydrogens is 218 g/mol. The summed E-state index contributed by atoms with van der Waals surface area (Å²) < 4.78 is 0. The SMILES string of the molecule is NCC(=O)[O-].NCC(=O)[O-].[K+].[K+]. The number of carboxylic acid groups (broad SMARTS) is 2. The van der Waals surface area contributed by atoms with Crippen molar-refractivity contribution in [3.8, 4) is 0 Å². The van der Waals surface area contributed by atoms with Gasteiger partial charge < -0.3 is 31.3 Å². The summed E-state index contributed by atoms with van der Waals surface area (Å²) in [6, 6.07) is 0. The Kier molecular flexibility index (Phi) is 37.2. The summed E-state index contributed by atoms with van der Waals surface area (Å²) in [7, 11) is 0. The summed E-state index contributed by atoms with van der Waals surface area (Å²) in [6.45, 7) is -0.778. The van der Waals surface area contributed by atoms with Gasteiger partial charge in [-0.25, -0.2) is 0 Å². The largest absolute Gasteiger partial charge is 1.00 e. The zero-order valence-corrected chi connectivity index (χ0v) is 13.4. The quantitative estimate of drug-likeness (QED) is 0.449. The van der Waals surface area contributed by atoms with Crippen molar-refractivity contribution in [2.24, 2.45) is 11.5 Å². The molecule has 0 saturated carbocycles. The molecule has 0 amide bonds. The van der Waals surface area contributed by atoms with Gasteiger partial charge in [0.25, 0.3) is 0 Å². The molecule has 0 radical (unpaired) electrons. The van der Waals surface area contributed by atoms with Crippen molar-refractivity contribution in [2.45, 2.75) is 0 Å². The summed E-state index contributed by atoms with van der Waals surface area (Å²) in [5.74, 6) is -2.44. The number of hydrogen-bond acceptors (Lipinski definition) is 6. The molecular formula is C4H8K2N2O4. The maximum Gasteiger partial charge on any atom is 1.00 e. The molecule has 60 valence electrons. The van der Waals surface area contributed by atoms with Crippen LogP contribution < -0.4 is 124 Å². The van der Waals surface area contributed by atoms with Crippen molar-refractivity contribution < 1.29 is 123 Å². The predicted octanol–water partition coefficient (Wildman–Crippen LogP) is -10.6. The van der Waals surface area contributed by atoms with Crippen LogP contribution in [0, 0.1) is 0 Å². The van der Waals surface area contributed by atoms with E-state index in [0.717, 1.165) is 0 Å². The second-order valence-corrected chi connectivity index (χ2v) is 1.15. The Balaban J connectivity index is -0.0000000457. The Morgan fingerprint density at radius 1 is 0.917 bits per heavy atom. The molecule has 4 N–H and O–H groups in total. The number of aliphatic carboxylic acids is 2. The number of nitrogens with two attached hydrogens (primary N) is 2. The van der Waals surface area contributed by atoms with Crippen LogP contribution in [0.3, 0.4) is 0 Å². The molecule has 6 nitrogen and oxygen atoms in total. The fourth-order valence-corrected chi connectivity index (χ4v) is 0. The number of carbonyl (C=O) groups excluding carboxylic acids is 2. The van der Waals surface area contributed by atoms with E-state index in [4.69, 9.17) is 19.8 Å². The first-order valence-electron chi connectivity index (χ1n) is 2.34. The van der Waals surface area contributed by atoms with Crippen LogP contribution >= 0.6 is 0 Å². The third kappa shape index (κ3) is 40.0. The van der Waals surface area contributed by atoms with Gasteiger partial charge in [-0.3, -0.25) is 0 Å². The van der Waals surface area contributed by atoms with Crippen LogP contribution in [0.2, 0.25) is 0 Å². The van der Waals surface area contributed by atoms with Crippen LogP contribution in [0.4, 0.5) is 0 Å². The van der Waals surface area contributed by atoms with Crippen LogP contribution in [0.25, 0.3) is 0 Å². The summed E-state index contributed by atoms with van der Waals surface area (Å²) in [4.78, 5) is 18.3. The van der Waals surface area contributed by atoms with Crippen molar-refractivity contribution in [1.29, 1.82) is 0 Å². The first-order chi connectivity index (χ1) is 4.54. The predicted molar refractivity (Wildman–Crippen MR) is 28.1 cm³/mol. The number of carboxylic acids is 2. The molecule has 0 rings (SSSR count). The Morgan fingerprint density at radius 3 is 1.00 bits per heavy atom. The van der Waals surface area contributed by atoms with E-state index in [1.165, 1.54) is 0 Å². The average Bonchev–Trinajstić information content (AvgIpc) is 1.89. The summed E-state index contributed by atoms with van der Waals surface area (Å²) >= 11 is 0. The van der Waals surface area contributed by atoms with E-state index in [1.54, 1.807) is 0 Å². The van der Waals surface area contributed by atoms with E-state index in [-0.39, 0.29) is 116 Å². The Morgan fingerprint density at radius 2 is 1.00 bits per heavy atom. The van der Waals surface area contributed by atoms with Crippen molar-refractivity contribution in [1.82, 2.24) is 0 Å². The normalized spacial score (nSPS) is 6.17. The second kappa shape index (κ2) is 18.8. The third-order valence-electron chi connectivity index (χ3n) is 0.333. The van der Waals surface area contributed by atoms with Gasteiger partial charge in [0.15, 0.2) is 0 Å². The van der Waals surface area contributed by atoms with E-state index < -0.39 is 11.9 Å². The smallest absolute Gasteiger partial charge is 0.549 e. The maximum absolute atomic E-state index is 9.13. The van der Waals surface area contributed by atoms with Gasteiger partial charge in [-0.05, 0) is 0 Å².